The Balaban J connectivity index is 1.89. The molecule has 0 radical (unpaired) electrons. The third-order valence-corrected chi connectivity index (χ3v) is 4.80. The molecule has 31 heavy (non-hydrogen) atoms. The summed E-state index contributed by atoms with van der Waals surface area (Å²) in [5, 5.41) is 39.4. The molecule has 0 spiro atoms. The quantitative estimate of drug-likeness (QED) is 0.279. The fraction of sp³-hybridized carbons (Fsp3) is 0.125. The molecule has 3 aromatic carbocycles. The van der Waals surface area contributed by atoms with Gasteiger partial charge in [-0.1, -0.05) is 106 Å². The van der Waals surface area contributed by atoms with E-state index in [1.54, 1.807) is 0 Å². The van der Waals surface area contributed by atoms with E-state index >= 15 is 0 Å². The number of nitrogens with zero attached hydrogens (tertiary/aromatic N) is 4. The van der Waals surface area contributed by atoms with E-state index in [1.165, 1.54) is 0 Å². The van der Waals surface area contributed by atoms with Crippen LogP contribution in [-0.2, 0) is 0 Å². The monoisotopic (exact) mass is 416 g/mol. The van der Waals surface area contributed by atoms with E-state index in [9.17, 15) is 15.6 Å². The Morgan fingerprint density at radius 1 is 0.484 bits per heavy atom. The van der Waals surface area contributed by atoms with E-state index in [4.69, 9.17) is 0 Å². The van der Waals surface area contributed by atoms with Crippen LogP contribution in [0.25, 0.3) is 0 Å². The summed E-state index contributed by atoms with van der Waals surface area (Å²) in [6, 6.07) is 27.9. The topological polar surface area (TPSA) is 101 Å². The summed E-state index contributed by atoms with van der Waals surface area (Å²) >= 11 is 0. The standard InChI is InChI=1S/C24H24N4O3/c29-25-22(19-10-4-1-5-11-19)16-28(17-23(26-30)20-12-6-2-7-13-20)18-24(27-31)21-14-8-3-9-15-21/h1-15,29-31H,16-18H2/b25-22-,26-23+,27-24+. The fourth-order valence-corrected chi connectivity index (χ4v) is 3.24. The molecule has 3 aromatic rings. The predicted octanol–water partition coefficient (Wildman–Crippen LogP) is 3.92. The molecule has 0 aromatic heterocycles. The van der Waals surface area contributed by atoms with Crippen molar-refractivity contribution in [3.8, 4) is 0 Å². The zero-order valence-electron chi connectivity index (χ0n) is 16.9. The number of rotatable bonds is 9. The Morgan fingerprint density at radius 3 is 0.968 bits per heavy atom. The van der Waals surface area contributed by atoms with Crippen LogP contribution in [-0.4, -0.2) is 57.3 Å². The second-order valence-electron chi connectivity index (χ2n) is 6.88. The highest BCUT2D eigenvalue weighted by Crippen LogP contribution is 2.10. The normalized spacial score (nSPS) is 12.9. The fourth-order valence-electron chi connectivity index (χ4n) is 3.24. The van der Waals surface area contributed by atoms with Crippen molar-refractivity contribution >= 4 is 17.1 Å². The molecule has 0 aliphatic carbocycles. The Bertz CT molecular complexity index is 899. The molecule has 0 fully saturated rings. The van der Waals surface area contributed by atoms with E-state index < -0.39 is 0 Å². The minimum Gasteiger partial charge on any atom is -0.411 e. The molecule has 0 heterocycles. The van der Waals surface area contributed by atoms with Gasteiger partial charge in [-0.25, -0.2) is 0 Å². The molecule has 3 rings (SSSR count). The van der Waals surface area contributed by atoms with Gasteiger partial charge in [-0.3, -0.25) is 4.90 Å². The molecule has 0 unspecified atom stereocenters. The van der Waals surface area contributed by atoms with Gasteiger partial charge in [0.15, 0.2) is 0 Å². The van der Waals surface area contributed by atoms with Gasteiger partial charge in [0.05, 0.1) is 0 Å². The third kappa shape index (κ3) is 6.01. The van der Waals surface area contributed by atoms with Crippen molar-refractivity contribution in [2.45, 2.75) is 0 Å². The number of benzene rings is 3. The summed E-state index contributed by atoms with van der Waals surface area (Å²) in [4.78, 5) is 1.88. The van der Waals surface area contributed by atoms with Crippen LogP contribution in [0.4, 0.5) is 0 Å². The lowest BCUT2D eigenvalue weighted by atomic mass is 10.1. The molecule has 0 aliphatic heterocycles. The summed E-state index contributed by atoms with van der Waals surface area (Å²) in [7, 11) is 0. The molecule has 0 bridgehead atoms. The Kier molecular flexibility index (Phi) is 7.90. The Hall–Kier alpha value is -3.97. The minimum atomic E-state index is 0.234. The molecular formula is C24H24N4O3. The van der Waals surface area contributed by atoms with Gasteiger partial charge in [0.2, 0.25) is 0 Å². The summed E-state index contributed by atoms with van der Waals surface area (Å²) < 4.78 is 0. The van der Waals surface area contributed by atoms with E-state index in [1.807, 2.05) is 95.9 Å². The highest BCUT2D eigenvalue weighted by molar-refractivity contribution is 6.06. The SMILES string of the molecule is O/N=C(\CN(C/C(=N\O)c1ccccc1)C/C(=N/O)c1ccccc1)c1ccccc1. The van der Waals surface area contributed by atoms with Crippen LogP contribution >= 0.6 is 0 Å². The molecule has 7 nitrogen and oxygen atoms in total. The average Bonchev–Trinajstić information content (AvgIpc) is 2.85. The minimum absolute atomic E-state index is 0.234. The van der Waals surface area contributed by atoms with Gasteiger partial charge in [-0.15, -0.1) is 0 Å². The second-order valence-corrected chi connectivity index (χ2v) is 6.88. The van der Waals surface area contributed by atoms with Crippen molar-refractivity contribution in [1.82, 2.24) is 4.90 Å². The molecule has 158 valence electrons. The molecule has 0 aliphatic rings. The van der Waals surface area contributed by atoms with E-state index in [-0.39, 0.29) is 19.6 Å². The van der Waals surface area contributed by atoms with E-state index in [0.29, 0.717) is 17.1 Å². The maximum absolute atomic E-state index is 9.65. The first-order valence-electron chi connectivity index (χ1n) is 9.76. The summed E-state index contributed by atoms with van der Waals surface area (Å²) in [6.07, 6.45) is 0. The maximum atomic E-state index is 9.65. The van der Waals surface area contributed by atoms with Crippen molar-refractivity contribution < 1.29 is 15.6 Å². The van der Waals surface area contributed by atoms with Gasteiger partial charge < -0.3 is 15.6 Å². The molecular weight excluding hydrogens is 392 g/mol. The largest absolute Gasteiger partial charge is 0.411 e. The highest BCUT2D eigenvalue weighted by Gasteiger charge is 2.19. The van der Waals surface area contributed by atoms with Crippen LogP contribution in [0.15, 0.2) is 106 Å². The van der Waals surface area contributed by atoms with Crippen molar-refractivity contribution in [2.24, 2.45) is 15.5 Å². The van der Waals surface area contributed by atoms with E-state index in [0.717, 1.165) is 16.7 Å². The lowest BCUT2D eigenvalue weighted by molar-refractivity contribution is 0.302. The zero-order chi connectivity index (χ0) is 21.9. The van der Waals surface area contributed by atoms with Gasteiger partial charge in [-0.05, 0) is 0 Å². The molecule has 0 atom stereocenters. The number of hydrogen-bond donors (Lipinski definition) is 3. The van der Waals surface area contributed by atoms with Gasteiger partial charge >= 0.3 is 0 Å². The van der Waals surface area contributed by atoms with Crippen LogP contribution in [0.3, 0.4) is 0 Å². The average molecular weight is 416 g/mol. The van der Waals surface area contributed by atoms with Crippen LogP contribution in [0.2, 0.25) is 0 Å². The van der Waals surface area contributed by atoms with Crippen molar-refractivity contribution in [1.29, 1.82) is 0 Å². The Morgan fingerprint density at radius 2 is 0.742 bits per heavy atom. The first kappa shape index (κ1) is 21.7. The van der Waals surface area contributed by atoms with Crippen LogP contribution in [0.5, 0.6) is 0 Å². The maximum Gasteiger partial charge on any atom is 0.101 e. The number of oxime groups is 3. The molecule has 0 saturated carbocycles. The lowest BCUT2D eigenvalue weighted by Gasteiger charge is -2.23. The van der Waals surface area contributed by atoms with Crippen molar-refractivity contribution in [3.63, 3.8) is 0 Å². The van der Waals surface area contributed by atoms with E-state index in [2.05, 4.69) is 15.5 Å². The van der Waals surface area contributed by atoms with Crippen LogP contribution in [0.1, 0.15) is 16.7 Å². The van der Waals surface area contributed by atoms with Crippen molar-refractivity contribution in [2.75, 3.05) is 19.6 Å². The van der Waals surface area contributed by atoms with Crippen LogP contribution < -0.4 is 0 Å². The molecule has 0 saturated heterocycles. The molecule has 7 heteroatoms. The van der Waals surface area contributed by atoms with Gasteiger partial charge in [0, 0.05) is 36.3 Å². The molecule has 3 N–H and O–H groups in total. The highest BCUT2D eigenvalue weighted by atomic mass is 16.4. The summed E-state index contributed by atoms with van der Waals surface area (Å²) in [5.41, 5.74) is 3.61. The predicted molar refractivity (Wildman–Crippen MR) is 121 cm³/mol. The van der Waals surface area contributed by atoms with Gasteiger partial charge in [-0.2, -0.15) is 0 Å². The lowest BCUT2D eigenvalue weighted by Crippen LogP contribution is -2.39. The first-order chi connectivity index (χ1) is 15.2. The van der Waals surface area contributed by atoms with Crippen LogP contribution in [0, 0.1) is 0 Å². The van der Waals surface area contributed by atoms with Gasteiger partial charge in [0.1, 0.15) is 17.1 Å². The smallest absolute Gasteiger partial charge is 0.101 e. The first-order valence-corrected chi connectivity index (χ1v) is 9.76. The van der Waals surface area contributed by atoms with Crippen molar-refractivity contribution in [3.05, 3.63) is 108 Å². The number of hydrogen-bond acceptors (Lipinski definition) is 7. The Labute approximate surface area is 180 Å². The zero-order valence-corrected chi connectivity index (χ0v) is 16.9. The molecule has 0 amide bonds. The second kappa shape index (κ2) is 11.3. The van der Waals surface area contributed by atoms with Gasteiger partial charge in [0.25, 0.3) is 0 Å². The summed E-state index contributed by atoms with van der Waals surface area (Å²) in [6.45, 7) is 0.703. The third-order valence-electron chi connectivity index (χ3n) is 4.80. The summed E-state index contributed by atoms with van der Waals surface area (Å²) in [5.74, 6) is 0.